The molecule has 5 heteroatoms. The van der Waals surface area contributed by atoms with E-state index < -0.39 is 0 Å². The molecule has 0 radical (unpaired) electrons. The predicted octanol–water partition coefficient (Wildman–Crippen LogP) is 3.01. The Hall–Kier alpha value is -1.49. The van der Waals surface area contributed by atoms with E-state index in [1.165, 1.54) is 4.88 Å². The first-order valence-corrected chi connectivity index (χ1v) is 6.28. The van der Waals surface area contributed by atoms with Gasteiger partial charge in [-0.2, -0.15) is 5.10 Å². The normalized spacial score (nSPS) is 12.6. The molecule has 86 valence electrons. The fourth-order valence-corrected chi connectivity index (χ4v) is 2.48. The van der Waals surface area contributed by atoms with Crippen LogP contribution in [0.25, 0.3) is 0 Å². The number of H-pyrrole nitrogens is 1. The minimum absolute atomic E-state index is 0.324. The quantitative estimate of drug-likeness (QED) is 0.747. The summed E-state index contributed by atoms with van der Waals surface area (Å²) in [5, 5.41) is 12.2. The Bertz CT molecular complexity index is 421. The Labute approximate surface area is 98.9 Å². The van der Waals surface area contributed by atoms with Gasteiger partial charge in [-0.15, -0.1) is 11.3 Å². The molecule has 4 nitrogen and oxygen atoms in total. The van der Waals surface area contributed by atoms with Crippen molar-refractivity contribution < 1.29 is 0 Å². The molecular weight excluding hydrogens is 220 g/mol. The van der Waals surface area contributed by atoms with Crippen LogP contribution in [0.5, 0.6) is 0 Å². The van der Waals surface area contributed by atoms with Crippen LogP contribution in [0.4, 0.5) is 11.5 Å². The summed E-state index contributed by atoms with van der Waals surface area (Å²) < 4.78 is 0. The predicted molar refractivity (Wildman–Crippen MR) is 68.6 cm³/mol. The molecule has 1 atom stereocenters. The monoisotopic (exact) mass is 236 g/mol. The lowest BCUT2D eigenvalue weighted by Crippen LogP contribution is -2.09. The zero-order valence-electron chi connectivity index (χ0n) is 9.23. The van der Waals surface area contributed by atoms with Gasteiger partial charge in [0.15, 0.2) is 0 Å². The summed E-state index contributed by atoms with van der Waals surface area (Å²) in [6.07, 6.45) is 3.95. The van der Waals surface area contributed by atoms with Gasteiger partial charge >= 0.3 is 0 Å². The van der Waals surface area contributed by atoms with E-state index in [-0.39, 0.29) is 0 Å². The molecule has 0 aliphatic carbocycles. The Kier molecular flexibility index (Phi) is 3.46. The van der Waals surface area contributed by atoms with Crippen LogP contribution >= 0.6 is 11.3 Å². The summed E-state index contributed by atoms with van der Waals surface area (Å²) in [6.45, 7) is 2.18. The van der Waals surface area contributed by atoms with E-state index in [1.807, 2.05) is 0 Å². The first kappa shape index (κ1) is 11.0. The van der Waals surface area contributed by atoms with E-state index in [0.717, 1.165) is 18.5 Å². The lowest BCUT2D eigenvalue weighted by atomic mass is 10.1. The van der Waals surface area contributed by atoms with Gasteiger partial charge in [0.1, 0.15) is 5.82 Å². The smallest absolute Gasteiger partial charge is 0.142 e. The van der Waals surface area contributed by atoms with E-state index in [0.29, 0.717) is 11.9 Å². The van der Waals surface area contributed by atoms with Crippen LogP contribution in [0.3, 0.4) is 0 Å². The van der Waals surface area contributed by atoms with Crippen LogP contribution < -0.4 is 11.1 Å². The maximum Gasteiger partial charge on any atom is 0.142 e. The van der Waals surface area contributed by atoms with E-state index in [2.05, 4.69) is 40.0 Å². The molecule has 0 aliphatic rings. The van der Waals surface area contributed by atoms with Gasteiger partial charge in [0, 0.05) is 4.88 Å². The van der Waals surface area contributed by atoms with Crippen molar-refractivity contribution in [2.75, 3.05) is 11.1 Å². The molecule has 0 fully saturated rings. The molecular formula is C11H16N4S. The summed E-state index contributed by atoms with van der Waals surface area (Å²) in [6, 6.07) is 4.54. The van der Waals surface area contributed by atoms with Crippen LogP contribution in [0.1, 0.15) is 30.7 Å². The van der Waals surface area contributed by atoms with Crippen molar-refractivity contribution in [1.29, 1.82) is 0 Å². The number of aromatic nitrogens is 2. The average molecular weight is 236 g/mol. The zero-order valence-corrected chi connectivity index (χ0v) is 10.1. The third-order valence-corrected chi connectivity index (χ3v) is 3.45. The van der Waals surface area contributed by atoms with Crippen molar-refractivity contribution in [1.82, 2.24) is 10.2 Å². The molecule has 1 unspecified atom stereocenters. The summed E-state index contributed by atoms with van der Waals surface area (Å²) >= 11 is 1.76. The molecule has 0 aromatic carbocycles. The largest absolute Gasteiger partial charge is 0.382 e. The van der Waals surface area contributed by atoms with Gasteiger partial charge in [0.25, 0.3) is 0 Å². The van der Waals surface area contributed by atoms with E-state index in [9.17, 15) is 0 Å². The second kappa shape index (κ2) is 5.03. The van der Waals surface area contributed by atoms with Crippen molar-refractivity contribution in [2.45, 2.75) is 25.8 Å². The molecule has 2 rings (SSSR count). The van der Waals surface area contributed by atoms with Crippen LogP contribution in [-0.2, 0) is 0 Å². The number of thiophene rings is 1. The zero-order chi connectivity index (χ0) is 11.4. The molecule has 0 amide bonds. The number of nitrogens with one attached hydrogen (secondary N) is 2. The maximum atomic E-state index is 5.76. The molecule has 2 aromatic heterocycles. The van der Waals surface area contributed by atoms with Crippen molar-refractivity contribution in [3.8, 4) is 0 Å². The fourth-order valence-electron chi connectivity index (χ4n) is 1.66. The Balaban J connectivity index is 2.12. The lowest BCUT2D eigenvalue weighted by Gasteiger charge is -2.17. The highest BCUT2D eigenvalue weighted by Gasteiger charge is 2.13. The topological polar surface area (TPSA) is 66.7 Å². The van der Waals surface area contributed by atoms with E-state index >= 15 is 0 Å². The Morgan fingerprint density at radius 3 is 3.06 bits per heavy atom. The van der Waals surface area contributed by atoms with Gasteiger partial charge in [-0.3, -0.25) is 5.10 Å². The highest BCUT2D eigenvalue weighted by Crippen LogP contribution is 2.28. The third kappa shape index (κ3) is 2.36. The Morgan fingerprint density at radius 1 is 1.62 bits per heavy atom. The standard InChI is InChI=1S/C11H16N4S/c1-2-4-8(10-5-3-6-16-10)14-9-7-13-15-11(9)12/h3,5-8,14H,2,4H2,1H3,(H3,12,13,15). The third-order valence-electron chi connectivity index (χ3n) is 2.46. The second-order valence-electron chi connectivity index (χ2n) is 3.70. The van der Waals surface area contributed by atoms with Gasteiger partial charge < -0.3 is 11.1 Å². The first-order valence-electron chi connectivity index (χ1n) is 5.40. The summed E-state index contributed by atoms with van der Waals surface area (Å²) in [5.74, 6) is 0.595. The van der Waals surface area contributed by atoms with Crippen LogP contribution in [-0.4, -0.2) is 10.2 Å². The van der Waals surface area contributed by atoms with E-state index in [4.69, 9.17) is 5.73 Å². The number of nitrogens with zero attached hydrogens (tertiary/aromatic N) is 1. The minimum atomic E-state index is 0.324. The number of hydrogen-bond acceptors (Lipinski definition) is 4. The molecule has 2 aromatic rings. The van der Waals surface area contributed by atoms with Crippen molar-refractivity contribution >= 4 is 22.8 Å². The number of rotatable bonds is 5. The lowest BCUT2D eigenvalue weighted by molar-refractivity contribution is 0.688. The number of anilines is 2. The van der Waals surface area contributed by atoms with Crippen molar-refractivity contribution in [3.05, 3.63) is 28.6 Å². The highest BCUT2D eigenvalue weighted by atomic mass is 32.1. The molecule has 0 bridgehead atoms. The SMILES string of the molecule is CCCC(Nc1cn[nH]c1N)c1cccs1. The minimum Gasteiger partial charge on any atom is -0.382 e. The summed E-state index contributed by atoms with van der Waals surface area (Å²) in [7, 11) is 0. The molecule has 0 spiro atoms. The molecule has 0 saturated heterocycles. The van der Waals surface area contributed by atoms with Gasteiger partial charge in [-0.1, -0.05) is 19.4 Å². The van der Waals surface area contributed by atoms with Crippen LogP contribution in [0, 0.1) is 0 Å². The fraction of sp³-hybridized carbons (Fsp3) is 0.364. The molecule has 0 saturated carbocycles. The molecule has 4 N–H and O–H groups in total. The van der Waals surface area contributed by atoms with Crippen LogP contribution in [0.15, 0.2) is 23.7 Å². The number of nitrogen functional groups attached to an aromatic ring is 1. The summed E-state index contributed by atoms with van der Waals surface area (Å²) in [4.78, 5) is 1.34. The second-order valence-corrected chi connectivity index (χ2v) is 4.68. The molecule has 0 aliphatic heterocycles. The van der Waals surface area contributed by atoms with E-state index in [1.54, 1.807) is 17.5 Å². The molecule has 2 heterocycles. The highest BCUT2D eigenvalue weighted by molar-refractivity contribution is 7.10. The molecule has 16 heavy (non-hydrogen) atoms. The van der Waals surface area contributed by atoms with Crippen molar-refractivity contribution in [2.24, 2.45) is 0 Å². The van der Waals surface area contributed by atoms with Crippen LogP contribution in [0.2, 0.25) is 0 Å². The Morgan fingerprint density at radius 2 is 2.50 bits per heavy atom. The van der Waals surface area contributed by atoms with Crippen molar-refractivity contribution in [3.63, 3.8) is 0 Å². The summed E-state index contributed by atoms with van der Waals surface area (Å²) in [5.41, 5.74) is 6.64. The van der Waals surface area contributed by atoms with Gasteiger partial charge in [0.05, 0.1) is 17.9 Å². The maximum absolute atomic E-state index is 5.76. The van der Waals surface area contributed by atoms with Gasteiger partial charge in [-0.25, -0.2) is 0 Å². The van der Waals surface area contributed by atoms with Gasteiger partial charge in [-0.05, 0) is 17.9 Å². The number of aromatic amines is 1. The number of nitrogens with two attached hydrogens (primary N) is 1. The number of hydrogen-bond donors (Lipinski definition) is 3. The average Bonchev–Trinajstić information content (AvgIpc) is 2.90. The van der Waals surface area contributed by atoms with Gasteiger partial charge in [0.2, 0.25) is 0 Å². The first-order chi connectivity index (χ1) is 7.81.